The summed E-state index contributed by atoms with van der Waals surface area (Å²) in [6.45, 7) is 0. The van der Waals surface area contributed by atoms with Gasteiger partial charge in [0.2, 0.25) is 0 Å². The zero-order valence-electron chi connectivity index (χ0n) is 29.4. The molecule has 0 fully saturated rings. The zero-order valence-corrected chi connectivity index (χ0v) is 29.4. The highest BCUT2D eigenvalue weighted by atomic mass is 16.3. The van der Waals surface area contributed by atoms with Crippen LogP contribution in [0.2, 0.25) is 0 Å². The van der Waals surface area contributed by atoms with Gasteiger partial charge in [0.15, 0.2) is 0 Å². The van der Waals surface area contributed by atoms with E-state index in [4.69, 9.17) is 4.42 Å². The van der Waals surface area contributed by atoms with Gasteiger partial charge in [0, 0.05) is 27.5 Å². The summed E-state index contributed by atoms with van der Waals surface area (Å²) in [5.41, 5.74) is 9.88. The van der Waals surface area contributed by atoms with Crippen molar-refractivity contribution in [2.75, 3.05) is 4.90 Å². The molecule has 10 aromatic carbocycles. The van der Waals surface area contributed by atoms with E-state index in [0.29, 0.717) is 0 Å². The molecule has 0 atom stereocenters. The Hall–Kier alpha value is -7.16. The molecule has 0 unspecified atom stereocenters. The fourth-order valence-corrected chi connectivity index (χ4v) is 8.55. The van der Waals surface area contributed by atoms with Gasteiger partial charge >= 0.3 is 0 Å². The molecule has 0 aliphatic heterocycles. The SMILES string of the molecule is c1ccc(-c2cccc(N(c3ccc(-c4cccc5ccc6ccc7ccccc7c6c45)cc3)c3cccc4c3ccc3oc5ccccc5c34)c2)cc1. The predicted molar refractivity (Wildman–Crippen MR) is 229 cm³/mol. The number of hydrogen-bond donors (Lipinski definition) is 0. The second-order valence-corrected chi connectivity index (χ2v) is 14.1. The Morgan fingerprint density at radius 3 is 1.85 bits per heavy atom. The summed E-state index contributed by atoms with van der Waals surface area (Å²) >= 11 is 0. The highest BCUT2D eigenvalue weighted by Crippen LogP contribution is 2.45. The molecule has 252 valence electrons. The second-order valence-electron chi connectivity index (χ2n) is 14.1. The first-order valence-corrected chi connectivity index (χ1v) is 18.5. The highest BCUT2D eigenvalue weighted by molar-refractivity contribution is 6.24. The maximum atomic E-state index is 6.32. The maximum Gasteiger partial charge on any atom is 0.136 e. The molecular formula is C52H33NO. The molecule has 0 amide bonds. The third-order valence-electron chi connectivity index (χ3n) is 11.0. The topological polar surface area (TPSA) is 16.4 Å². The lowest BCUT2D eigenvalue weighted by Crippen LogP contribution is -2.10. The van der Waals surface area contributed by atoms with Crippen molar-refractivity contribution in [1.29, 1.82) is 0 Å². The Morgan fingerprint density at radius 1 is 0.315 bits per heavy atom. The Kier molecular flexibility index (Phi) is 6.90. The van der Waals surface area contributed by atoms with E-state index in [1.54, 1.807) is 0 Å². The Labute approximate surface area is 312 Å². The normalized spacial score (nSPS) is 11.7. The fraction of sp³-hybridized carbons (Fsp3) is 0. The quantitative estimate of drug-likeness (QED) is 0.168. The summed E-state index contributed by atoms with van der Waals surface area (Å²) in [6.07, 6.45) is 0. The summed E-state index contributed by atoms with van der Waals surface area (Å²) in [5, 5.41) is 12.2. The van der Waals surface area contributed by atoms with Crippen molar-refractivity contribution < 1.29 is 4.42 Å². The predicted octanol–water partition coefficient (Wildman–Crippen LogP) is 15.0. The number of rotatable bonds is 5. The van der Waals surface area contributed by atoms with Gasteiger partial charge in [-0.25, -0.2) is 0 Å². The molecule has 11 rings (SSSR count). The first-order valence-electron chi connectivity index (χ1n) is 18.5. The largest absolute Gasteiger partial charge is 0.456 e. The van der Waals surface area contributed by atoms with Gasteiger partial charge in [0.05, 0.1) is 5.69 Å². The van der Waals surface area contributed by atoms with Crippen LogP contribution < -0.4 is 4.90 Å². The molecule has 0 saturated carbocycles. The minimum absolute atomic E-state index is 0.901. The highest BCUT2D eigenvalue weighted by Gasteiger charge is 2.19. The van der Waals surface area contributed by atoms with Crippen LogP contribution >= 0.6 is 0 Å². The van der Waals surface area contributed by atoms with Crippen LogP contribution in [-0.4, -0.2) is 0 Å². The van der Waals surface area contributed by atoms with Crippen LogP contribution in [-0.2, 0) is 0 Å². The number of para-hydroxylation sites is 1. The van der Waals surface area contributed by atoms with E-state index in [0.717, 1.165) is 44.4 Å². The Balaban J connectivity index is 1.12. The number of nitrogens with zero attached hydrogens (tertiary/aromatic N) is 1. The van der Waals surface area contributed by atoms with E-state index < -0.39 is 0 Å². The standard InChI is InChI=1S/C52H33NO/c1-2-11-34(12-3-1)39-15-8-16-41(33-39)53(47-21-10-20-45-44(47)31-32-49-52(45)46-18-6-7-22-48(46)54-49)40-29-27-36(28-30-40)43-19-9-14-37-25-26-38-24-23-35-13-4-5-17-42(35)51(38)50(37)43/h1-33H. The van der Waals surface area contributed by atoms with Crippen molar-refractivity contribution in [3.63, 3.8) is 0 Å². The van der Waals surface area contributed by atoms with Gasteiger partial charge in [0.1, 0.15) is 11.2 Å². The van der Waals surface area contributed by atoms with Gasteiger partial charge in [0.25, 0.3) is 0 Å². The zero-order chi connectivity index (χ0) is 35.6. The lowest BCUT2D eigenvalue weighted by molar-refractivity contribution is 0.669. The number of fused-ring (bicyclic) bond motifs is 10. The van der Waals surface area contributed by atoms with Crippen molar-refractivity contribution in [2.24, 2.45) is 0 Å². The van der Waals surface area contributed by atoms with Crippen LogP contribution in [0, 0.1) is 0 Å². The lowest BCUT2D eigenvalue weighted by Gasteiger charge is -2.27. The minimum Gasteiger partial charge on any atom is -0.456 e. The molecule has 2 heteroatoms. The summed E-state index contributed by atoms with van der Waals surface area (Å²) in [5.74, 6) is 0. The van der Waals surface area contributed by atoms with Gasteiger partial charge in [-0.05, 0) is 108 Å². The molecule has 0 bridgehead atoms. The number of benzene rings is 10. The van der Waals surface area contributed by atoms with E-state index in [1.165, 1.54) is 60.0 Å². The monoisotopic (exact) mass is 687 g/mol. The van der Waals surface area contributed by atoms with Crippen molar-refractivity contribution in [1.82, 2.24) is 0 Å². The van der Waals surface area contributed by atoms with Crippen LogP contribution in [0.4, 0.5) is 17.1 Å². The van der Waals surface area contributed by atoms with E-state index >= 15 is 0 Å². The van der Waals surface area contributed by atoms with E-state index in [9.17, 15) is 0 Å². The summed E-state index contributed by atoms with van der Waals surface area (Å²) in [4.78, 5) is 2.40. The van der Waals surface area contributed by atoms with Gasteiger partial charge in [-0.3, -0.25) is 0 Å². The summed E-state index contributed by atoms with van der Waals surface area (Å²) in [7, 11) is 0. The van der Waals surface area contributed by atoms with Gasteiger partial charge in [-0.2, -0.15) is 0 Å². The van der Waals surface area contributed by atoms with Crippen molar-refractivity contribution in [3.8, 4) is 22.3 Å². The van der Waals surface area contributed by atoms with E-state index in [2.05, 4.69) is 199 Å². The molecule has 2 nitrogen and oxygen atoms in total. The first-order chi connectivity index (χ1) is 26.8. The third-order valence-corrected chi connectivity index (χ3v) is 11.0. The Morgan fingerprint density at radius 2 is 0.981 bits per heavy atom. The molecule has 11 aromatic rings. The van der Waals surface area contributed by atoms with Crippen molar-refractivity contribution >= 4 is 82.1 Å². The van der Waals surface area contributed by atoms with E-state index in [1.807, 2.05) is 6.07 Å². The third kappa shape index (κ3) is 4.81. The van der Waals surface area contributed by atoms with E-state index in [-0.39, 0.29) is 0 Å². The van der Waals surface area contributed by atoms with Crippen LogP contribution in [0.5, 0.6) is 0 Å². The maximum absolute atomic E-state index is 6.32. The van der Waals surface area contributed by atoms with Gasteiger partial charge in [-0.15, -0.1) is 0 Å². The number of hydrogen-bond acceptors (Lipinski definition) is 2. The van der Waals surface area contributed by atoms with Crippen molar-refractivity contribution in [2.45, 2.75) is 0 Å². The smallest absolute Gasteiger partial charge is 0.136 e. The molecule has 0 aliphatic rings. The summed E-state index contributed by atoms with van der Waals surface area (Å²) < 4.78 is 6.32. The molecule has 0 N–H and O–H groups in total. The van der Waals surface area contributed by atoms with Crippen LogP contribution in [0.15, 0.2) is 205 Å². The van der Waals surface area contributed by atoms with Crippen molar-refractivity contribution in [3.05, 3.63) is 200 Å². The first kappa shape index (κ1) is 30.5. The number of furan rings is 1. The number of anilines is 3. The molecule has 0 aliphatic carbocycles. The van der Waals surface area contributed by atoms with Gasteiger partial charge in [-0.1, -0.05) is 152 Å². The minimum atomic E-state index is 0.901. The average molecular weight is 688 g/mol. The molecule has 54 heavy (non-hydrogen) atoms. The van der Waals surface area contributed by atoms with Crippen LogP contribution in [0.3, 0.4) is 0 Å². The molecule has 1 heterocycles. The average Bonchev–Trinajstić information content (AvgIpc) is 3.63. The second kappa shape index (κ2) is 12.2. The Bertz CT molecular complexity index is 3210. The van der Waals surface area contributed by atoms with Crippen LogP contribution in [0.25, 0.3) is 87.3 Å². The molecule has 0 saturated heterocycles. The molecule has 1 aromatic heterocycles. The fourth-order valence-electron chi connectivity index (χ4n) is 8.55. The lowest BCUT2D eigenvalue weighted by atomic mass is 9.91. The van der Waals surface area contributed by atoms with Gasteiger partial charge < -0.3 is 9.32 Å². The molecule has 0 spiro atoms. The molecular weight excluding hydrogens is 655 g/mol. The summed E-state index contributed by atoms with van der Waals surface area (Å²) in [6, 6.07) is 72.3. The molecule has 0 radical (unpaired) electrons. The van der Waals surface area contributed by atoms with Crippen LogP contribution in [0.1, 0.15) is 0 Å².